The minimum atomic E-state index is -0.139. The fraction of sp³-hybridized carbons (Fsp3) is 0.494. The molecule has 114 heavy (non-hydrogen) atoms. The van der Waals surface area contributed by atoms with E-state index in [1.807, 2.05) is 118 Å². The average molecular weight is 1550 g/mol. The number of carbonyl (C=O) groups is 8. The van der Waals surface area contributed by atoms with Gasteiger partial charge in [-0.05, 0) is 154 Å². The molecule has 8 heterocycles. The number of amides is 6. The fourth-order valence-corrected chi connectivity index (χ4v) is 15.3. The molecule has 5 fully saturated rings. The highest BCUT2D eigenvalue weighted by Gasteiger charge is 2.36. The van der Waals surface area contributed by atoms with Gasteiger partial charge in [0, 0.05) is 236 Å². The van der Waals surface area contributed by atoms with Crippen molar-refractivity contribution in [2.75, 3.05) is 81.8 Å². The van der Waals surface area contributed by atoms with E-state index in [9.17, 15) is 38.4 Å². The SMILES string of the molecule is CC(=O)N1CCc2c(c(Nc3cccc(C(=O)CC4CC4)c3)nn2CC2CC2)C1.CC(=O)N1CCc2c(c(Nc3cccc(C(=O)N(C)C)c3)nn2CC2CC2)C1.CCC(=O)c1cccc(Nc2nn(CC3CC3)c3c2CN(C(C)=O)CC3)c1.COCCNC(=O)c1cccc(Nc2nn(CC3CC3)c3c2CN(C(C)=O)CC3)c1. The van der Waals surface area contributed by atoms with E-state index in [0.717, 1.165) is 170 Å². The van der Waals surface area contributed by atoms with Gasteiger partial charge in [-0.25, -0.2) is 0 Å². The lowest BCUT2D eigenvalue weighted by molar-refractivity contribution is -0.130. The second-order valence-electron chi connectivity index (χ2n) is 32.5. The molecule has 5 saturated carbocycles. The molecule has 602 valence electrons. The molecule has 5 aliphatic carbocycles. The molecule has 0 bridgehead atoms. The smallest absolute Gasteiger partial charge is 0.253 e. The molecular formula is C87H110N18O9. The molecule has 4 aromatic heterocycles. The lowest BCUT2D eigenvalue weighted by Crippen LogP contribution is -2.34. The van der Waals surface area contributed by atoms with Crippen LogP contribution in [-0.2, 0) is 102 Å². The van der Waals surface area contributed by atoms with Crippen LogP contribution >= 0.6 is 0 Å². The van der Waals surface area contributed by atoms with E-state index in [-0.39, 0.29) is 47.0 Å². The number of hydrogen-bond acceptors (Lipinski definition) is 17. The molecule has 27 nitrogen and oxygen atoms in total. The Morgan fingerprint density at radius 1 is 0.412 bits per heavy atom. The van der Waals surface area contributed by atoms with Gasteiger partial charge in [0.05, 0.1) is 32.8 Å². The van der Waals surface area contributed by atoms with Crippen LogP contribution in [0.2, 0.25) is 0 Å². The van der Waals surface area contributed by atoms with E-state index in [0.29, 0.717) is 80.7 Å². The van der Waals surface area contributed by atoms with Crippen molar-refractivity contribution >= 4 is 93.0 Å². The molecule has 0 atom stereocenters. The third-order valence-electron chi connectivity index (χ3n) is 23.0. The Kier molecular flexibility index (Phi) is 24.9. The molecule has 0 unspecified atom stereocenters. The van der Waals surface area contributed by atoms with Crippen LogP contribution in [0.1, 0.15) is 198 Å². The van der Waals surface area contributed by atoms with Crippen LogP contribution in [0.25, 0.3) is 0 Å². The first-order valence-electron chi connectivity index (χ1n) is 41.0. The number of ketones is 2. The number of aromatic nitrogens is 8. The summed E-state index contributed by atoms with van der Waals surface area (Å²) in [5.41, 5.74) is 15.4. The van der Waals surface area contributed by atoms with Crippen molar-refractivity contribution in [3.63, 3.8) is 0 Å². The van der Waals surface area contributed by atoms with Crippen LogP contribution in [0.15, 0.2) is 97.1 Å². The van der Waals surface area contributed by atoms with Gasteiger partial charge in [-0.3, -0.25) is 57.1 Å². The van der Waals surface area contributed by atoms with Crippen molar-refractivity contribution in [2.24, 2.45) is 29.6 Å². The Balaban J connectivity index is 0.000000126. The first kappa shape index (κ1) is 79.7. The fourth-order valence-electron chi connectivity index (χ4n) is 15.3. The number of nitrogens with zero attached hydrogens (tertiary/aromatic N) is 13. The number of carbonyl (C=O) groups excluding carboxylic acids is 8. The van der Waals surface area contributed by atoms with Gasteiger partial charge in [-0.2, -0.15) is 20.4 Å². The highest BCUT2D eigenvalue weighted by Crippen LogP contribution is 2.40. The topological polar surface area (TPSA) is 293 Å². The summed E-state index contributed by atoms with van der Waals surface area (Å²) in [5.74, 6) is 7.22. The molecule has 0 saturated heterocycles. The van der Waals surface area contributed by atoms with Gasteiger partial charge >= 0.3 is 0 Å². The maximum atomic E-state index is 12.5. The Morgan fingerprint density at radius 2 is 0.711 bits per heavy atom. The predicted molar refractivity (Wildman–Crippen MR) is 436 cm³/mol. The van der Waals surface area contributed by atoms with E-state index in [1.54, 1.807) is 59.9 Å². The number of Topliss-reactive ketones (excluding diaryl/α,β-unsaturated/α-hetero) is 2. The Morgan fingerprint density at radius 3 is 1.01 bits per heavy atom. The summed E-state index contributed by atoms with van der Waals surface area (Å²) in [7, 11) is 5.09. The van der Waals surface area contributed by atoms with Crippen LogP contribution < -0.4 is 26.6 Å². The molecule has 4 aromatic carbocycles. The van der Waals surface area contributed by atoms with E-state index < -0.39 is 0 Å². The van der Waals surface area contributed by atoms with Gasteiger partial charge in [-0.15, -0.1) is 0 Å². The number of hydrogen-bond donors (Lipinski definition) is 5. The zero-order chi connectivity index (χ0) is 79.8. The van der Waals surface area contributed by atoms with Crippen LogP contribution in [0, 0.1) is 29.6 Å². The number of fused-ring (bicyclic) bond motifs is 4. The third-order valence-corrected chi connectivity index (χ3v) is 23.0. The number of ether oxygens (including phenoxy) is 1. The Hall–Kier alpha value is -11.0. The Bertz CT molecular complexity index is 4890. The molecule has 6 amide bonds. The summed E-state index contributed by atoms with van der Waals surface area (Å²) in [4.78, 5) is 106. The van der Waals surface area contributed by atoms with Gasteiger partial charge in [0.15, 0.2) is 34.8 Å². The zero-order valence-electron chi connectivity index (χ0n) is 67.3. The first-order valence-corrected chi connectivity index (χ1v) is 41.0. The van der Waals surface area contributed by atoms with Crippen LogP contribution in [0.5, 0.6) is 0 Å². The summed E-state index contributed by atoms with van der Waals surface area (Å²) in [6.45, 7) is 18.4. The van der Waals surface area contributed by atoms with Crippen molar-refractivity contribution in [2.45, 2.75) is 190 Å². The second kappa shape index (κ2) is 35.6. The summed E-state index contributed by atoms with van der Waals surface area (Å²) < 4.78 is 13.5. The lowest BCUT2D eigenvalue weighted by atomic mass is 10.0. The van der Waals surface area contributed by atoms with Gasteiger partial charge in [0.2, 0.25) is 23.6 Å². The highest BCUT2D eigenvalue weighted by molar-refractivity contribution is 5.98. The van der Waals surface area contributed by atoms with Gasteiger partial charge in [0.1, 0.15) is 0 Å². The quantitative estimate of drug-likeness (QED) is 0.0249. The molecule has 17 rings (SSSR count). The predicted octanol–water partition coefficient (Wildman–Crippen LogP) is 12.4. The summed E-state index contributed by atoms with van der Waals surface area (Å²) in [6.07, 6.45) is 17.0. The maximum Gasteiger partial charge on any atom is 0.253 e. The Labute approximate surface area is 667 Å². The third kappa shape index (κ3) is 20.3. The van der Waals surface area contributed by atoms with Gasteiger partial charge < -0.3 is 55.8 Å². The monoisotopic (exact) mass is 1550 g/mol. The molecule has 0 radical (unpaired) electrons. The van der Waals surface area contributed by atoms with Gasteiger partial charge in [0.25, 0.3) is 11.8 Å². The molecule has 27 heteroatoms. The first-order chi connectivity index (χ1) is 55.1. The molecule has 8 aromatic rings. The molecule has 4 aliphatic heterocycles. The van der Waals surface area contributed by atoms with Gasteiger partial charge in [-0.1, -0.05) is 43.3 Å². The van der Waals surface area contributed by atoms with Crippen LogP contribution in [0.3, 0.4) is 0 Å². The summed E-state index contributed by atoms with van der Waals surface area (Å²) in [5, 5.41) is 35.9. The molecular weight excluding hydrogens is 1440 g/mol. The van der Waals surface area contributed by atoms with E-state index >= 15 is 0 Å². The summed E-state index contributed by atoms with van der Waals surface area (Å²) in [6, 6.07) is 30.1. The maximum absolute atomic E-state index is 12.5. The lowest BCUT2D eigenvalue weighted by Gasteiger charge is -2.26. The number of rotatable bonds is 26. The normalized spacial score (nSPS) is 16.5. The second-order valence-corrected chi connectivity index (χ2v) is 32.5. The van der Waals surface area contributed by atoms with Crippen LogP contribution in [-0.4, -0.2) is 171 Å². The van der Waals surface area contributed by atoms with Crippen molar-refractivity contribution < 1.29 is 43.1 Å². The number of methoxy groups -OCH3 is 1. The zero-order valence-corrected chi connectivity index (χ0v) is 67.3. The summed E-state index contributed by atoms with van der Waals surface area (Å²) >= 11 is 0. The van der Waals surface area contributed by atoms with Crippen molar-refractivity contribution in [1.29, 1.82) is 0 Å². The number of benzene rings is 4. The average Bonchev–Trinajstić information content (AvgIpc) is 1.65. The van der Waals surface area contributed by atoms with Crippen molar-refractivity contribution in [3.8, 4) is 0 Å². The number of nitrogens with one attached hydrogen (secondary N) is 5. The molecule has 9 aliphatic rings. The van der Waals surface area contributed by atoms with Crippen LogP contribution in [0.4, 0.5) is 46.0 Å². The van der Waals surface area contributed by atoms with E-state index in [1.165, 1.54) is 87.0 Å². The molecule has 5 N–H and O–H groups in total. The largest absolute Gasteiger partial charge is 0.383 e. The van der Waals surface area contributed by atoms with E-state index in [2.05, 4.69) is 45.3 Å². The molecule has 0 spiro atoms. The number of anilines is 8. The van der Waals surface area contributed by atoms with Crippen molar-refractivity contribution in [3.05, 3.63) is 164 Å². The van der Waals surface area contributed by atoms with Crippen molar-refractivity contribution in [1.82, 2.24) is 68.9 Å². The highest BCUT2D eigenvalue weighted by atomic mass is 16.5. The minimum Gasteiger partial charge on any atom is -0.383 e. The standard InChI is InChI=1S/C23H28N4O2.C22H29N5O3.C21H27N5O2.C21H26N4O2/c1-15(28)26-10-9-21-20(14-26)23(25-27(21)13-17-7-8-17)24-19-4-2-3-18(12-19)22(29)11-16-5-6-16;1-15(28)26-10-8-20-19(14-26)21(25-27(20)13-16-6-7-16)24-18-5-3-4-17(12-18)22(29)23-9-11-30-2;1-14(27)25-10-9-19-18(13-25)20(23-26(19)12-15-7-8-15)22-17-6-4-5-16(11-17)21(28)24(2)3;1-3-20(27)16-5-4-6-17(11-16)22-21-18-13-24(14(2)26)10-9-19(18)25(23-21)12-15-7-8-15/h2-4,12,16-17H,5-11,13-14H2,1H3,(H,24,25);3-5,12,16H,6-11,13-14H2,1-2H3,(H,23,29)(H,24,25);4-6,11,15H,7-10,12-13H2,1-3H3,(H,22,23);4-6,11,15H,3,7-10,12-13H2,1-2H3,(H,22,23). The van der Waals surface area contributed by atoms with E-state index in [4.69, 9.17) is 25.1 Å². The minimum absolute atomic E-state index is 0.0345.